The zero-order valence-corrected chi connectivity index (χ0v) is 12.2. The molecule has 0 saturated heterocycles. The Labute approximate surface area is 128 Å². The first-order valence-electron chi connectivity index (χ1n) is 7.10. The first-order chi connectivity index (χ1) is 10.6. The average molecular weight is 299 g/mol. The van der Waals surface area contributed by atoms with Gasteiger partial charge in [-0.25, -0.2) is 4.79 Å². The lowest BCUT2D eigenvalue weighted by Gasteiger charge is -2.17. The fourth-order valence-electron chi connectivity index (χ4n) is 2.44. The molecule has 5 heteroatoms. The van der Waals surface area contributed by atoms with Crippen LogP contribution >= 0.6 is 0 Å². The molecule has 0 fully saturated rings. The van der Waals surface area contributed by atoms with Crippen molar-refractivity contribution >= 4 is 6.09 Å². The zero-order chi connectivity index (χ0) is 15.5. The van der Waals surface area contributed by atoms with Crippen LogP contribution in [0, 0.1) is 0 Å². The van der Waals surface area contributed by atoms with E-state index >= 15 is 0 Å². The highest BCUT2D eigenvalue weighted by molar-refractivity contribution is 5.68. The molecule has 1 heterocycles. The minimum absolute atomic E-state index is 0.0635. The average Bonchev–Trinajstić information content (AvgIpc) is 2.82. The second-order valence-electron chi connectivity index (χ2n) is 5.26. The Morgan fingerprint density at radius 1 is 1.27 bits per heavy atom. The number of phenolic OH excluding ortho intramolecular Hbond substituents is 1. The molecule has 22 heavy (non-hydrogen) atoms. The Morgan fingerprint density at radius 2 is 2.05 bits per heavy atom. The number of alkyl carbamates (subject to hydrolysis) is 1. The molecular weight excluding hydrogens is 282 g/mol. The van der Waals surface area contributed by atoms with Crippen LogP contribution in [0.1, 0.15) is 24.0 Å². The van der Waals surface area contributed by atoms with E-state index in [1.807, 2.05) is 37.3 Å². The molecule has 2 aromatic rings. The van der Waals surface area contributed by atoms with Gasteiger partial charge in [0.15, 0.2) is 6.23 Å². The predicted octanol–water partition coefficient (Wildman–Crippen LogP) is 3.14. The van der Waals surface area contributed by atoms with Crippen molar-refractivity contribution in [3.8, 4) is 11.5 Å². The molecule has 0 spiro atoms. The van der Waals surface area contributed by atoms with Crippen molar-refractivity contribution in [3.63, 3.8) is 0 Å². The van der Waals surface area contributed by atoms with Gasteiger partial charge in [0.2, 0.25) is 0 Å². The van der Waals surface area contributed by atoms with Gasteiger partial charge in [0, 0.05) is 11.5 Å². The second kappa shape index (κ2) is 5.97. The molecule has 114 valence electrons. The Hall–Kier alpha value is -2.69. The fraction of sp³-hybridized carbons (Fsp3) is 0.235. The summed E-state index contributed by atoms with van der Waals surface area (Å²) in [6.07, 6.45) is -1.03. The number of nitrogens with one attached hydrogen (secondary N) is 1. The molecule has 2 N–H and O–H groups in total. The van der Waals surface area contributed by atoms with Gasteiger partial charge in [0.1, 0.15) is 18.1 Å². The lowest BCUT2D eigenvalue weighted by molar-refractivity contribution is 0.107. The molecule has 3 rings (SSSR count). The lowest BCUT2D eigenvalue weighted by Crippen LogP contribution is -2.39. The zero-order valence-electron chi connectivity index (χ0n) is 12.2. The first kappa shape index (κ1) is 14.3. The number of rotatable bonds is 3. The fourth-order valence-corrected chi connectivity index (χ4v) is 2.44. The quantitative estimate of drug-likeness (QED) is 0.913. The molecule has 0 unspecified atom stereocenters. The molecule has 0 radical (unpaired) electrons. The van der Waals surface area contributed by atoms with Gasteiger partial charge in [-0.1, -0.05) is 37.3 Å². The molecule has 2 aromatic carbocycles. The monoisotopic (exact) mass is 299 g/mol. The van der Waals surface area contributed by atoms with Crippen LogP contribution < -0.4 is 10.1 Å². The largest absolute Gasteiger partial charge is 0.508 e. The van der Waals surface area contributed by atoms with Gasteiger partial charge in [0.25, 0.3) is 0 Å². The summed E-state index contributed by atoms with van der Waals surface area (Å²) in [7, 11) is 0. The van der Waals surface area contributed by atoms with Crippen LogP contribution in [0.25, 0.3) is 0 Å². The molecule has 0 aromatic heterocycles. The van der Waals surface area contributed by atoms with Gasteiger partial charge in [-0.3, -0.25) is 5.32 Å². The Morgan fingerprint density at radius 3 is 2.82 bits per heavy atom. The summed E-state index contributed by atoms with van der Waals surface area (Å²) in [5.41, 5.74) is 1.79. The number of amides is 1. The van der Waals surface area contributed by atoms with Crippen molar-refractivity contribution in [1.29, 1.82) is 0 Å². The standard InChI is InChI=1S/C17H17NO4/c1-11-14-9-13(19)7-8-15(14)22-16(11)18-17(20)21-10-12-5-3-2-4-6-12/h2-9,11,16,19H,10H2,1H3,(H,18,20)/t11-,16-/m1/s1. The van der Waals surface area contributed by atoms with Crippen LogP contribution in [0.3, 0.4) is 0 Å². The Balaban J connectivity index is 1.57. The van der Waals surface area contributed by atoms with Gasteiger partial charge in [-0.05, 0) is 23.8 Å². The van der Waals surface area contributed by atoms with Crippen LogP contribution in [0.2, 0.25) is 0 Å². The number of fused-ring (bicyclic) bond motifs is 1. The number of aromatic hydroxyl groups is 1. The van der Waals surface area contributed by atoms with E-state index in [0.29, 0.717) is 5.75 Å². The molecule has 1 aliphatic heterocycles. The van der Waals surface area contributed by atoms with E-state index in [9.17, 15) is 9.90 Å². The topological polar surface area (TPSA) is 67.8 Å². The summed E-state index contributed by atoms with van der Waals surface area (Å²) < 4.78 is 10.9. The van der Waals surface area contributed by atoms with Crippen LogP contribution in [0.5, 0.6) is 11.5 Å². The van der Waals surface area contributed by atoms with Crippen LogP contribution in [0.4, 0.5) is 4.79 Å². The Bertz CT molecular complexity index is 672. The highest BCUT2D eigenvalue weighted by Gasteiger charge is 2.32. The molecule has 0 saturated carbocycles. The SMILES string of the molecule is C[C@@H]1c2cc(O)ccc2O[C@H]1NC(=O)OCc1ccccc1. The molecule has 5 nitrogen and oxygen atoms in total. The first-order valence-corrected chi connectivity index (χ1v) is 7.10. The summed E-state index contributed by atoms with van der Waals surface area (Å²) in [4.78, 5) is 11.9. The van der Waals surface area contributed by atoms with Crippen molar-refractivity contribution < 1.29 is 19.4 Å². The maximum atomic E-state index is 11.9. The number of phenols is 1. The van der Waals surface area contributed by atoms with Crippen molar-refractivity contribution in [2.45, 2.75) is 25.7 Å². The third-order valence-corrected chi connectivity index (χ3v) is 3.66. The van der Waals surface area contributed by atoms with E-state index in [2.05, 4.69) is 5.32 Å². The summed E-state index contributed by atoms with van der Waals surface area (Å²) in [6, 6.07) is 14.4. The van der Waals surface area contributed by atoms with Crippen LogP contribution in [-0.2, 0) is 11.3 Å². The molecule has 0 aliphatic carbocycles. The van der Waals surface area contributed by atoms with Crippen molar-refractivity contribution in [2.75, 3.05) is 0 Å². The van der Waals surface area contributed by atoms with Gasteiger partial charge in [0.05, 0.1) is 0 Å². The lowest BCUT2D eigenvalue weighted by atomic mass is 10.0. The molecule has 1 amide bonds. The summed E-state index contributed by atoms with van der Waals surface area (Å²) in [5, 5.41) is 12.2. The van der Waals surface area contributed by atoms with E-state index in [1.54, 1.807) is 18.2 Å². The van der Waals surface area contributed by atoms with Crippen LogP contribution in [-0.4, -0.2) is 17.4 Å². The summed E-state index contributed by atoms with van der Waals surface area (Å²) in [5.74, 6) is 0.784. The normalized spacial score (nSPS) is 19.1. The number of hydrogen-bond acceptors (Lipinski definition) is 4. The van der Waals surface area contributed by atoms with Gasteiger partial charge in [-0.15, -0.1) is 0 Å². The van der Waals surface area contributed by atoms with Crippen molar-refractivity contribution in [1.82, 2.24) is 5.32 Å². The maximum absolute atomic E-state index is 11.9. The van der Waals surface area contributed by atoms with E-state index in [4.69, 9.17) is 9.47 Å². The highest BCUT2D eigenvalue weighted by Crippen LogP contribution is 2.38. The molecular formula is C17H17NO4. The number of benzene rings is 2. The van der Waals surface area contributed by atoms with E-state index in [0.717, 1.165) is 11.1 Å². The highest BCUT2D eigenvalue weighted by atomic mass is 16.6. The maximum Gasteiger partial charge on any atom is 0.410 e. The Kier molecular flexibility index (Phi) is 3.87. The van der Waals surface area contributed by atoms with E-state index in [1.165, 1.54) is 0 Å². The van der Waals surface area contributed by atoms with E-state index < -0.39 is 12.3 Å². The molecule has 2 atom stereocenters. The number of carbonyl (C=O) groups is 1. The third-order valence-electron chi connectivity index (χ3n) is 3.66. The third kappa shape index (κ3) is 2.98. The number of ether oxygens (including phenoxy) is 2. The minimum atomic E-state index is -0.530. The smallest absolute Gasteiger partial charge is 0.410 e. The molecule has 0 bridgehead atoms. The number of hydrogen-bond donors (Lipinski definition) is 2. The second-order valence-corrected chi connectivity index (χ2v) is 5.26. The van der Waals surface area contributed by atoms with Gasteiger partial charge < -0.3 is 14.6 Å². The summed E-state index contributed by atoms with van der Waals surface area (Å²) >= 11 is 0. The molecule has 1 aliphatic rings. The van der Waals surface area contributed by atoms with Gasteiger partial charge >= 0.3 is 6.09 Å². The minimum Gasteiger partial charge on any atom is -0.508 e. The predicted molar refractivity (Wildman–Crippen MR) is 80.7 cm³/mol. The summed E-state index contributed by atoms with van der Waals surface area (Å²) in [6.45, 7) is 2.13. The van der Waals surface area contributed by atoms with Gasteiger partial charge in [-0.2, -0.15) is 0 Å². The van der Waals surface area contributed by atoms with Crippen LogP contribution in [0.15, 0.2) is 48.5 Å². The van der Waals surface area contributed by atoms with Crippen molar-refractivity contribution in [3.05, 3.63) is 59.7 Å². The van der Waals surface area contributed by atoms with E-state index in [-0.39, 0.29) is 18.3 Å². The van der Waals surface area contributed by atoms with Crippen molar-refractivity contribution in [2.24, 2.45) is 0 Å². The number of carbonyl (C=O) groups excluding carboxylic acids is 1.